The Morgan fingerprint density at radius 1 is 1.10 bits per heavy atom. The molecule has 0 saturated carbocycles. The van der Waals surface area contributed by atoms with Crippen molar-refractivity contribution in [1.82, 2.24) is 5.32 Å². The topological polar surface area (TPSA) is 15.3 Å². The van der Waals surface area contributed by atoms with Gasteiger partial charge in [0, 0.05) is 31.4 Å². The fourth-order valence-corrected chi connectivity index (χ4v) is 3.07. The van der Waals surface area contributed by atoms with Crippen molar-refractivity contribution in [2.45, 2.75) is 39.4 Å². The summed E-state index contributed by atoms with van der Waals surface area (Å²) in [5.41, 5.74) is 5.58. The Morgan fingerprint density at radius 2 is 1.86 bits per heavy atom. The van der Waals surface area contributed by atoms with Crippen LogP contribution in [0.2, 0.25) is 0 Å². The van der Waals surface area contributed by atoms with Crippen molar-refractivity contribution in [2.75, 3.05) is 11.4 Å². The Kier molecular flexibility index (Phi) is 4.26. The molecule has 2 heteroatoms. The van der Waals surface area contributed by atoms with Gasteiger partial charge in [0.25, 0.3) is 0 Å². The first-order chi connectivity index (χ1) is 10.3. The van der Waals surface area contributed by atoms with Crippen LogP contribution in [0.25, 0.3) is 0 Å². The molecular weight excluding hydrogens is 256 g/mol. The minimum absolute atomic E-state index is 0.557. The highest BCUT2D eigenvalue weighted by molar-refractivity contribution is 5.55. The summed E-state index contributed by atoms with van der Waals surface area (Å²) in [6.45, 7) is 7.50. The number of nitrogens with one attached hydrogen (secondary N) is 1. The summed E-state index contributed by atoms with van der Waals surface area (Å²) in [6.07, 6.45) is 1.16. The van der Waals surface area contributed by atoms with E-state index in [0.717, 1.165) is 26.1 Å². The highest BCUT2D eigenvalue weighted by atomic mass is 15.2. The average Bonchev–Trinajstić information content (AvgIpc) is 2.69. The number of nitrogens with zero attached hydrogens (tertiary/aromatic N) is 1. The van der Waals surface area contributed by atoms with Crippen LogP contribution in [0.1, 0.15) is 30.0 Å². The molecule has 0 aliphatic carbocycles. The largest absolute Gasteiger partial charge is 0.365 e. The lowest BCUT2D eigenvalue weighted by atomic mass is 10.1. The van der Waals surface area contributed by atoms with E-state index in [9.17, 15) is 0 Å². The summed E-state index contributed by atoms with van der Waals surface area (Å²) in [5, 5.41) is 3.68. The van der Waals surface area contributed by atoms with Crippen molar-refractivity contribution in [3.63, 3.8) is 0 Å². The fourth-order valence-electron chi connectivity index (χ4n) is 3.07. The number of hydrogen-bond acceptors (Lipinski definition) is 2. The van der Waals surface area contributed by atoms with Gasteiger partial charge in [-0.15, -0.1) is 0 Å². The zero-order valence-electron chi connectivity index (χ0n) is 13.0. The van der Waals surface area contributed by atoms with Gasteiger partial charge in [-0.05, 0) is 36.1 Å². The standard InChI is InChI=1S/C19H24N2/c1-3-18-14-21(13-17-10-5-4-8-15(17)2)19-11-7-6-9-16(19)12-20-18/h4-11,18,20H,3,12-14H2,1-2H3. The molecule has 0 bridgehead atoms. The molecule has 110 valence electrons. The van der Waals surface area contributed by atoms with Crippen LogP contribution >= 0.6 is 0 Å². The van der Waals surface area contributed by atoms with Crippen LogP contribution in [-0.2, 0) is 13.1 Å². The smallest absolute Gasteiger partial charge is 0.0432 e. The Balaban J connectivity index is 1.92. The van der Waals surface area contributed by atoms with Gasteiger partial charge in [0.2, 0.25) is 0 Å². The summed E-state index contributed by atoms with van der Waals surface area (Å²) in [7, 11) is 0. The van der Waals surface area contributed by atoms with Crippen LogP contribution in [0.3, 0.4) is 0 Å². The van der Waals surface area contributed by atoms with Crippen LogP contribution < -0.4 is 10.2 Å². The summed E-state index contributed by atoms with van der Waals surface area (Å²) in [5.74, 6) is 0. The lowest BCUT2D eigenvalue weighted by Gasteiger charge is -2.28. The maximum Gasteiger partial charge on any atom is 0.0432 e. The molecule has 2 nitrogen and oxygen atoms in total. The quantitative estimate of drug-likeness (QED) is 0.917. The molecule has 1 aliphatic rings. The second-order valence-corrected chi connectivity index (χ2v) is 5.92. The van der Waals surface area contributed by atoms with Gasteiger partial charge in [-0.3, -0.25) is 0 Å². The summed E-state index contributed by atoms with van der Waals surface area (Å²) in [4.78, 5) is 2.53. The molecule has 1 unspecified atom stereocenters. The molecular formula is C19H24N2. The van der Waals surface area contributed by atoms with Gasteiger partial charge in [0.15, 0.2) is 0 Å². The molecule has 1 heterocycles. The van der Waals surface area contributed by atoms with Gasteiger partial charge >= 0.3 is 0 Å². The number of hydrogen-bond donors (Lipinski definition) is 1. The van der Waals surface area contributed by atoms with Crippen LogP contribution in [-0.4, -0.2) is 12.6 Å². The minimum atomic E-state index is 0.557. The number of aryl methyl sites for hydroxylation is 1. The summed E-state index contributed by atoms with van der Waals surface area (Å²) < 4.78 is 0. The van der Waals surface area contributed by atoms with Crippen molar-refractivity contribution in [3.8, 4) is 0 Å². The molecule has 2 aromatic carbocycles. The Bertz CT molecular complexity index is 606. The number of benzene rings is 2. The van der Waals surface area contributed by atoms with Crippen molar-refractivity contribution in [1.29, 1.82) is 0 Å². The molecule has 1 N–H and O–H groups in total. The monoisotopic (exact) mass is 280 g/mol. The first-order valence-electron chi connectivity index (χ1n) is 7.88. The molecule has 21 heavy (non-hydrogen) atoms. The van der Waals surface area contributed by atoms with Crippen molar-refractivity contribution in [3.05, 3.63) is 65.2 Å². The van der Waals surface area contributed by atoms with Crippen LogP contribution in [0.15, 0.2) is 48.5 Å². The van der Waals surface area contributed by atoms with E-state index in [-0.39, 0.29) is 0 Å². The Labute approximate surface area is 127 Å². The minimum Gasteiger partial charge on any atom is -0.365 e. The Morgan fingerprint density at radius 3 is 2.67 bits per heavy atom. The molecule has 3 rings (SSSR count). The van der Waals surface area contributed by atoms with Crippen molar-refractivity contribution in [2.24, 2.45) is 0 Å². The van der Waals surface area contributed by atoms with E-state index in [1.54, 1.807) is 0 Å². The highest BCUT2D eigenvalue weighted by Gasteiger charge is 2.20. The predicted octanol–water partition coefficient (Wildman–Crippen LogP) is 3.88. The van der Waals surface area contributed by atoms with E-state index in [1.807, 2.05) is 0 Å². The molecule has 0 aromatic heterocycles. The SMILES string of the molecule is CCC1CN(Cc2ccccc2C)c2ccccc2CN1. The fraction of sp³-hybridized carbons (Fsp3) is 0.368. The van der Waals surface area contributed by atoms with E-state index >= 15 is 0 Å². The van der Waals surface area contributed by atoms with E-state index in [2.05, 4.69) is 72.6 Å². The molecule has 1 aliphatic heterocycles. The molecule has 0 saturated heterocycles. The second kappa shape index (κ2) is 6.31. The normalized spacial score (nSPS) is 18.2. The molecule has 0 amide bonds. The number of rotatable bonds is 3. The third-order valence-electron chi connectivity index (χ3n) is 4.47. The zero-order chi connectivity index (χ0) is 14.7. The zero-order valence-corrected chi connectivity index (χ0v) is 13.0. The first-order valence-corrected chi connectivity index (χ1v) is 7.88. The van der Waals surface area contributed by atoms with Crippen LogP contribution in [0.5, 0.6) is 0 Å². The molecule has 2 aromatic rings. The lowest BCUT2D eigenvalue weighted by molar-refractivity contribution is 0.502. The van der Waals surface area contributed by atoms with Gasteiger partial charge < -0.3 is 10.2 Å². The predicted molar refractivity (Wildman–Crippen MR) is 89.6 cm³/mol. The van der Waals surface area contributed by atoms with E-state index in [0.29, 0.717) is 6.04 Å². The number of anilines is 1. The van der Waals surface area contributed by atoms with Crippen molar-refractivity contribution < 1.29 is 0 Å². The third kappa shape index (κ3) is 3.11. The van der Waals surface area contributed by atoms with E-state index in [4.69, 9.17) is 0 Å². The highest BCUT2D eigenvalue weighted by Crippen LogP contribution is 2.26. The first kappa shape index (κ1) is 14.2. The molecule has 1 atom stereocenters. The number of para-hydroxylation sites is 1. The van der Waals surface area contributed by atoms with E-state index < -0.39 is 0 Å². The molecule has 0 spiro atoms. The van der Waals surface area contributed by atoms with Crippen molar-refractivity contribution >= 4 is 5.69 Å². The Hall–Kier alpha value is -1.80. The lowest BCUT2D eigenvalue weighted by Crippen LogP contribution is -2.37. The van der Waals surface area contributed by atoms with Gasteiger partial charge in [0.1, 0.15) is 0 Å². The maximum atomic E-state index is 3.68. The summed E-state index contributed by atoms with van der Waals surface area (Å²) in [6, 6.07) is 18.0. The number of fused-ring (bicyclic) bond motifs is 1. The molecule has 0 radical (unpaired) electrons. The third-order valence-corrected chi connectivity index (χ3v) is 4.47. The van der Waals surface area contributed by atoms with Gasteiger partial charge in [0.05, 0.1) is 0 Å². The van der Waals surface area contributed by atoms with Crippen LogP contribution in [0, 0.1) is 6.92 Å². The summed E-state index contributed by atoms with van der Waals surface area (Å²) >= 11 is 0. The molecule has 0 fully saturated rings. The van der Waals surface area contributed by atoms with Gasteiger partial charge in [-0.2, -0.15) is 0 Å². The van der Waals surface area contributed by atoms with Gasteiger partial charge in [-0.1, -0.05) is 49.4 Å². The average molecular weight is 280 g/mol. The maximum absolute atomic E-state index is 3.68. The van der Waals surface area contributed by atoms with Crippen LogP contribution in [0.4, 0.5) is 5.69 Å². The van der Waals surface area contributed by atoms with E-state index in [1.165, 1.54) is 22.4 Å². The van der Waals surface area contributed by atoms with Gasteiger partial charge in [-0.25, -0.2) is 0 Å². The second-order valence-electron chi connectivity index (χ2n) is 5.92.